The maximum absolute atomic E-state index is 2.58. The van der Waals surface area contributed by atoms with Crippen LogP contribution in [0.15, 0.2) is 0 Å². The molecule has 0 amide bonds. The van der Waals surface area contributed by atoms with E-state index in [2.05, 4.69) is 6.92 Å². The summed E-state index contributed by atoms with van der Waals surface area (Å²) in [5.74, 6) is 11.2. The number of hydrogen-bond donors (Lipinski definition) is 0. The molecule has 0 bridgehead atoms. The van der Waals surface area contributed by atoms with Gasteiger partial charge in [0, 0.05) is 0 Å². The number of hydrogen-bond acceptors (Lipinski definition) is 0. The molecule has 74 valence electrons. The molecular formula is C14H18. The SMILES string of the molecule is CC1CC2C3CC3C3C2C2C1C21CC31. The monoisotopic (exact) mass is 186 g/mol. The molecule has 10 atom stereocenters. The van der Waals surface area contributed by atoms with Crippen molar-refractivity contribution in [1.82, 2.24) is 0 Å². The second-order valence-electron chi connectivity index (χ2n) is 7.57. The molecular weight excluding hydrogens is 168 g/mol. The molecule has 0 saturated heterocycles. The highest BCUT2D eigenvalue weighted by Crippen LogP contribution is 2.96. The largest absolute Gasteiger partial charge is 0.0622 e. The lowest BCUT2D eigenvalue weighted by molar-refractivity contribution is 0.132. The molecule has 6 fully saturated rings. The summed E-state index contributed by atoms with van der Waals surface area (Å²) in [7, 11) is 0. The zero-order chi connectivity index (χ0) is 8.82. The second-order valence-corrected chi connectivity index (χ2v) is 7.57. The number of rotatable bonds is 0. The highest BCUT2D eigenvalue weighted by Gasteiger charge is 2.92. The molecule has 0 N–H and O–H groups in total. The van der Waals surface area contributed by atoms with Gasteiger partial charge in [-0.2, -0.15) is 0 Å². The van der Waals surface area contributed by atoms with E-state index in [1.54, 1.807) is 19.3 Å². The second kappa shape index (κ2) is 1.44. The van der Waals surface area contributed by atoms with Crippen molar-refractivity contribution in [2.45, 2.75) is 26.2 Å². The molecule has 6 saturated carbocycles. The first-order chi connectivity index (χ1) is 6.84. The van der Waals surface area contributed by atoms with Crippen LogP contribution in [0.4, 0.5) is 0 Å². The molecule has 0 radical (unpaired) electrons. The van der Waals surface area contributed by atoms with E-state index in [4.69, 9.17) is 0 Å². The molecule has 0 aliphatic heterocycles. The zero-order valence-corrected chi connectivity index (χ0v) is 8.82. The molecule has 6 aliphatic rings. The van der Waals surface area contributed by atoms with Crippen LogP contribution in [0.25, 0.3) is 0 Å². The van der Waals surface area contributed by atoms with Crippen LogP contribution in [-0.4, -0.2) is 0 Å². The quantitative estimate of drug-likeness (QED) is 0.545. The Hall–Kier alpha value is 0. The Morgan fingerprint density at radius 3 is 2.71 bits per heavy atom. The molecule has 0 aromatic heterocycles. The average molecular weight is 186 g/mol. The van der Waals surface area contributed by atoms with E-state index in [1.807, 2.05) is 0 Å². The molecule has 0 aromatic rings. The summed E-state index contributed by atoms with van der Waals surface area (Å²) in [6.07, 6.45) is 4.98. The van der Waals surface area contributed by atoms with Crippen LogP contribution in [0.3, 0.4) is 0 Å². The lowest BCUT2D eigenvalue weighted by atomic mass is 9.70. The average Bonchev–Trinajstić information content (AvgIpc) is 3.09. The van der Waals surface area contributed by atoms with E-state index >= 15 is 0 Å². The molecule has 6 rings (SSSR count). The molecule has 14 heavy (non-hydrogen) atoms. The standard InChI is InChI=1S/C14H18/c1-5-2-7-6-3-8(6)10-9-4-14(9)12(5)13(14)11(7)10/h5-13H,2-4H2,1H3. The topological polar surface area (TPSA) is 0 Å². The van der Waals surface area contributed by atoms with Gasteiger partial charge in [0.2, 0.25) is 0 Å². The predicted molar refractivity (Wildman–Crippen MR) is 53.4 cm³/mol. The maximum atomic E-state index is 2.58. The van der Waals surface area contributed by atoms with E-state index in [9.17, 15) is 0 Å². The smallest absolute Gasteiger partial charge is 0.0195 e. The first-order valence-electron chi connectivity index (χ1n) is 6.84. The van der Waals surface area contributed by atoms with Crippen LogP contribution < -0.4 is 0 Å². The van der Waals surface area contributed by atoms with E-state index in [1.165, 1.54) is 47.3 Å². The van der Waals surface area contributed by atoms with Crippen molar-refractivity contribution in [2.24, 2.45) is 58.7 Å². The Morgan fingerprint density at radius 1 is 0.929 bits per heavy atom. The van der Waals surface area contributed by atoms with Crippen molar-refractivity contribution in [3.63, 3.8) is 0 Å². The minimum absolute atomic E-state index is 1.01. The Labute approximate surface area is 85.4 Å². The molecule has 0 nitrogen and oxygen atoms in total. The third-order valence-corrected chi connectivity index (χ3v) is 7.63. The van der Waals surface area contributed by atoms with Crippen molar-refractivity contribution in [3.8, 4) is 0 Å². The summed E-state index contributed by atoms with van der Waals surface area (Å²) in [5.41, 5.74) is 1.01. The van der Waals surface area contributed by atoms with Gasteiger partial charge in [-0.25, -0.2) is 0 Å². The van der Waals surface area contributed by atoms with E-state index in [0.29, 0.717) is 0 Å². The fraction of sp³-hybridized carbons (Fsp3) is 1.00. The molecule has 0 heteroatoms. The maximum Gasteiger partial charge on any atom is -0.0195 e. The Bertz CT molecular complexity index is 370. The van der Waals surface area contributed by atoms with E-state index in [-0.39, 0.29) is 0 Å². The first-order valence-corrected chi connectivity index (χ1v) is 6.84. The van der Waals surface area contributed by atoms with Gasteiger partial charge in [0.15, 0.2) is 0 Å². The van der Waals surface area contributed by atoms with Crippen LogP contribution in [0.1, 0.15) is 26.2 Å². The zero-order valence-electron chi connectivity index (χ0n) is 8.82. The summed E-state index contributed by atoms with van der Waals surface area (Å²) in [6, 6.07) is 0. The summed E-state index contributed by atoms with van der Waals surface area (Å²) >= 11 is 0. The minimum Gasteiger partial charge on any atom is -0.0622 e. The first kappa shape index (κ1) is 6.55. The molecule has 0 aromatic carbocycles. The van der Waals surface area contributed by atoms with Crippen molar-refractivity contribution in [2.75, 3.05) is 0 Å². The van der Waals surface area contributed by atoms with Gasteiger partial charge in [-0.3, -0.25) is 0 Å². The Morgan fingerprint density at radius 2 is 1.79 bits per heavy atom. The summed E-state index contributed by atoms with van der Waals surface area (Å²) in [6.45, 7) is 2.58. The minimum atomic E-state index is 1.01. The van der Waals surface area contributed by atoms with Gasteiger partial charge >= 0.3 is 0 Å². The Balaban J connectivity index is 1.61. The molecule has 6 aliphatic carbocycles. The van der Waals surface area contributed by atoms with E-state index in [0.717, 1.165) is 11.3 Å². The molecule has 1 spiro atoms. The van der Waals surface area contributed by atoms with E-state index < -0.39 is 0 Å². The third-order valence-electron chi connectivity index (χ3n) is 7.63. The fourth-order valence-electron chi connectivity index (χ4n) is 7.59. The lowest BCUT2D eigenvalue weighted by Gasteiger charge is -2.35. The van der Waals surface area contributed by atoms with Gasteiger partial charge in [0.1, 0.15) is 0 Å². The molecule has 10 unspecified atom stereocenters. The van der Waals surface area contributed by atoms with Crippen LogP contribution in [0.5, 0.6) is 0 Å². The normalized spacial score (nSPS) is 88.5. The van der Waals surface area contributed by atoms with Gasteiger partial charge in [-0.15, -0.1) is 0 Å². The predicted octanol–water partition coefficient (Wildman–Crippen LogP) is 2.79. The fourth-order valence-corrected chi connectivity index (χ4v) is 7.59. The van der Waals surface area contributed by atoms with Gasteiger partial charge in [0.05, 0.1) is 0 Å². The number of fused-ring (bicyclic) bond motifs is 4. The summed E-state index contributed by atoms with van der Waals surface area (Å²) in [4.78, 5) is 0. The highest BCUT2D eigenvalue weighted by molar-refractivity contribution is 5.39. The molecule has 0 heterocycles. The van der Waals surface area contributed by atoms with Crippen molar-refractivity contribution in [1.29, 1.82) is 0 Å². The Kier molecular flexibility index (Phi) is 0.676. The van der Waals surface area contributed by atoms with Gasteiger partial charge in [-0.05, 0) is 77.9 Å². The summed E-state index contributed by atoms with van der Waals surface area (Å²) < 4.78 is 0. The van der Waals surface area contributed by atoms with Crippen LogP contribution in [0.2, 0.25) is 0 Å². The highest BCUT2D eigenvalue weighted by atomic mass is 15.0. The van der Waals surface area contributed by atoms with Gasteiger partial charge in [-0.1, -0.05) is 6.92 Å². The summed E-state index contributed by atoms with van der Waals surface area (Å²) in [5, 5.41) is 0. The lowest BCUT2D eigenvalue weighted by Crippen LogP contribution is -2.29. The van der Waals surface area contributed by atoms with Gasteiger partial charge in [0.25, 0.3) is 0 Å². The van der Waals surface area contributed by atoms with Crippen molar-refractivity contribution in [3.05, 3.63) is 0 Å². The van der Waals surface area contributed by atoms with Gasteiger partial charge < -0.3 is 0 Å². The van der Waals surface area contributed by atoms with Crippen LogP contribution in [-0.2, 0) is 0 Å². The third kappa shape index (κ3) is 0.390. The van der Waals surface area contributed by atoms with Crippen LogP contribution >= 0.6 is 0 Å². The van der Waals surface area contributed by atoms with Crippen molar-refractivity contribution >= 4 is 0 Å². The van der Waals surface area contributed by atoms with Crippen LogP contribution in [0, 0.1) is 58.7 Å². The van der Waals surface area contributed by atoms with Crippen molar-refractivity contribution < 1.29 is 0 Å².